The van der Waals surface area contributed by atoms with Crippen molar-refractivity contribution in [3.8, 4) is 0 Å². The van der Waals surface area contributed by atoms with Crippen LogP contribution in [0.1, 0.15) is 19.3 Å². The number of aliphatic hydroxyl groups excluding tert-OH is 1. The molecular weight excluding hydrogens is 362 g/mol. The molecule has 4 unspecified atom stereocenters. The van der Waals surface area contributed by atoms with Crippen molar-refractivity contribution in [1.29, 1.82) is 0 Å². The maximum absolute atomic E-state index is 13.0. The first-order valence-electron chi connectivity index (χ1n) is 9.73. The number of nitro groups is 1. The lowest BCUT2D eigenvalue weighted by Crippen LogP contribution is -2.36. The van der Waals surface area contributed by atoms with E-state index in [4.69, 9.17) is 0 Å². The number of benzene rings is 1. The summed E-state index contributed by atoms with van der Waals surface area (Å²) < 4.78 is 0. The van der Waals surface area contributed by atoms with Gasteiger partial charge in [0.25, 0.3) is 5.69 Å². The molecular formula is C20H21N3O5. The van der Waals surface area contributed by atoms with Crippen LogP contribution in [0.5, 0.6) is 0 Å². The van der Waals surface area contributed by atoms with E-state index in [0.29, 0.717) is 31.6 Å². The van der Waals surface area contributed by atoms with Crippen molar-refractivity contribution < 1.29 is 19.6 Å². The third-order valence-electron chi connectivity index (χ3n) is 6.69. The van der Waals surface area contributed by atoms with E-state index in [-0.39, 0.29) is 53.0 Å². The Bertz CT molecular complexity index is 875. The summed E-state index contributed by atoms with van der Waals surface area (Å²) >= 11 is 0. The zero-order chi connectivity index (χ0) is 19.6. The second-order valence-corrected chi connectivity index (χ2v) is 8.16. The van der Waals surface area contributed by atoms with E-state index in [1.807, 2.05) is 17.1 Å². The molecule has 0 spiro atoms. The number of nitrogens with zero attached hydrogens (tertiary/aromatic N) is 3. The van der Waals surface area contributed by atoms with Crippen LogP contribution in [0, 0.1) is 33.8 Å². The monoisotopic (exact) mass is 383 g/mol. The molecule has 2 heterocycles. The minimum absolute atomic E-state index is 0.102. The number of hydrogen-bond donors (Lipinski definition) is 1. The topological polar surface area (TPSA) is 104 Å². The van der Waals surface area contributed by atoms with Crippen LogP contribution in [-0.2, 0) is 9.59 Å². The first-order chi connectivity index (χ1) is 13.5. The number of rotatable bonds is 3. The molecule has 146 valence electrons. The summed E-state index contributed by atoms with van der Waals surface area (Å²) in [5.74, 6) is -0.935. The maximum Gasteiger partial charge on any atom is 0.294 e. The number of amides is 2. The molecule has 2 aliphatic heterocycles. The number of carbonyl (C=O) groups is 2. The van der Waals surface area contributed by atoms with E-state index in [1.165, 1.54) is 6.07 Å². The third kappa shape index (κ3) is 2.40. The zero-order valence-electron chi connectivity index (χ0n) is 15.2. The summed E-state index contributed by atoms with van der Waals surface area (Å²) in [5.41, 5.74) is 0.616. The average molecular weight is 383 g/mol. The molecule has 1 aromatic rings. The molecule has 8 nitrogen and oxygen atoms in total. The van der Waals surface area contributed by atoms with Crippen LogP contribution >= 0.6 is 0 Å². The van der Waals surface area contributed by atoms with E-state index in [1.54, 1.807) is 12.1 Å². The van der Waals surface area contributed by atoms with Gasteiger partial charge in [-0.25, -0.2) is 4.90 Å². The Morgan fingerprint density at radius 3 is 2.21 bits per heavy atom. The van der Waals surface area contributed by atoms with Gasteiger partial charge in [0.1, 0.15) is 5.69 Å². The lowest BCUT2D eigenvalue weighted by molar-refractivity contribution is -0.384. The lowest BCUT2D eigenvalue weighted by Gasteiger charge is -2.31. The van der Waals surface area contributed by atoms with Crippen molar-refractivity contribution >= 4 is 28.9 Å². The Kier molecular flexibility index (Phi) is 3.80. The Balaban J connectivity index is 1.48. The fourth-order valence-electron chi connectivity index (χ4n) is 5.33. The summed E-state index contributed by atoms with van der Waals surface area (Å²) in [7, 11) is 0. The van der Waals surface area contributed by atoms with Crippen molar-refractivity contribution in [1.82, 2.24) is 0 Å². The molecule has 28 heavy (non-hydrogen) atoms. The van der Waals surface area contributed by atoms with Crippen LogP contribution in [0.3, 0.4) is 0 Å². The van der Waals surface area contributed by atoms with E-state index < -0.39 is 4.92 Å². The summed E-state index contributed by atoms with van der Waals surface area (Å²) in [6.45, 7) is 1.06. The number of allylic oxidation sites excluding steroid dienone is 2. The minimum atomic E-state index is -0.471. The Hall–Kier alpha value is -2.74. The van der Waals surface area contributed by atoms with Crippen molar-refractivity contribution in [3.05, 3.63) is 40.5 Å². The molecule has 0 aromatic heterocycles. The number of aliphatic hydroxyl groups is 1. The van der Waals surface area contributed by atoms with Gasteiger partial charge in [0.05, 0.1) is 28.6 Å². The van der Waals surface area contributed by atoms with Crippen molar-refractivity contribution in [2.24, 2.45) is 23.7 Å². The summed E-state index contributed by atoms with van der Waals surface area (Å²) in [6.07, 6.45) is 5.63. The standard InChI is InChI=1S/C20H21N3O5/c24-14-5-7-21(8-6-14)15-4-3-13(10-16(15)23(27)28)22-19(25)17-11-1-2-12(9-11)18(17)20(22)26/h1-4,10-12,14,17-18,24H,5-9H2. The highest BCUT2D eigenvalue weighted by atomic mass is 16.6. The highest BCUT2D eigenvalue weighted by molar-refractivity contribution is 6.23. The van der Waals surface area contributed by atoms with Gasteiger partial charge in [0.15, 0.2) is 0 Å². The smallest absolute Gasteiger partial charge is 0.294 e. The predicted octanol–water partition coefficient (Wildman–Crippen LogP) is 1.87. The maximum atomic E-state index is 13.0. The van der Waals surface area contributed by atoms with Crippen LogP contribution in [0.4, 0.5) is 17.1 Å². The van der Waals surface area contributed by atoms with Gasteiger partial charge in [0.2, 0.25) is 11.8 Å². The van der Waals surface area contributed by atoms with E-state index in [0.717, 1.165) is 11.3 Å². The number of imide groups is 1. The van der Waals surface area contributed by atoms with Gasteiger partial charge >= 0.3 is 0 Å². The Morgan fingerprint density at radius 2 is 1.64 bits per heavy atom. The molecule has 1 aromatic carbocycles. The van der Waals surface area contributed by atoms with Gasteiger partial charge in [-0.3, -0.25) is 19.7 Å². The first-order valence-corrected chi connectivity index (χ1v) is 9.73. The van der Waals surface area contributed by atoms with Crippen molar-refractivity contribution in [2.45, 2.75) is 25.4 Å². The minimum Gasteiger partial charge on any atom is -0.393 e. The van der Waals surface area contributed by atoms with Gasteiger partial charge in [-0.2, -0.15) is 0 Å². The van der Waals surface area contributed by atoms with Crippen molar-refractivity contribution in [2.75, 3.05) is 22.9 Å². The molecule has 3 fully saturated rings. The van der Waals surface area contributed by atoms with E-state index in [9.17, 15) is 24.8 Å². The fourth-order valence-corrected chi connectivity index (χ4v) is 5.33. The summed E-state index contributed by atoms with van der Waals surface area (Å²) in [4.78, 5) is 40.2. The van der Waals surface area contributed by atoms with Crippen molar-refractivity contribution in [3.63, 3.8) is 0 Å². The Labute approximate surface area is 161 Å². The SMILES string of the molecule is O=C1C2C3C=CC(C3)C2C(=O)N1c1ccc(N2CCC(O)CC2)c([N+](=O)[O-])c1. The molecule has 1 saturated carbocycles. The van der Waals surface area contributed by atoms with Gasteiger partial charge in [-0.1, -0.05) is 12.2 Å². The molecule has 2 aliphatic carbocycles. The number of carbonyl (C=O) groups excluding carboxylic acids is 2. The molecule has 4 atom stereocenters. The molecule has 1 N–H and O–H groups in total. The van der Waals surface area contributed by atoms with E-state index >= 15 is 0 Å². The summed E-state index contributed by atoms with van der Waals surface area (Å²) in [5, 5.41) is 21.4. The van der Waals surface area contributed by atoms with Gasteiger partial charge in [-0.05, 0) is 43.2 Å². The van der Waals surface area contributed by atoms with Crippen LogP contribution in [0.15, 0.2) is 30.4 Å². The van der Waals surface area contributed by atoms with Crippen LogP contribution in [0.2, 0.25) is 0 Å². The zero-order valence-corrected chi connectivity index (χ0v) is 15.2. The van der Waals surface area contributed by atoms with Crippen LogP contribution < -0.4 is 9.80 Å². The molecule has 2 amide bonds. The quantitative estimate of drug-likeness (QED) is 0.370. The van der Waals surface area contributed by atoms with Crippen LogP contribution in [0.25, 0.3) is 0 Å². The molecule has 5 rings (SSSR count). The largest absolute Gasteiger partial charge is 0.393 e. The third-order valence-corrected chi connectivity index (χ3v) is 6.69. The summed E-state index contributed by atoms with van der Waals surface area (Å²) in [6, 6.07) is 4.58. The van der Waals surface area contributed by atoms with Crippen LogP contribution in [-0.4, -0.2) is 41.0 Å². The highest BCUT2D eigenvalue weighted by Crippen LogP contribution is 2.53. The number of piperidine rings is 1. The molecule has 8 heteroatoms. The first kappa shape index (κ1) is 17.4. The highest BCUT2D eigenvalue weighted by Gasteiger charge is 2.59. The lowest BCUT2D eigenvalue weighted by atomic mass is 9.85. The second kappa shape index (κ2) is 6.13. The predicted molar refractivity (Wildman–Crippen MR) is 101 cm³/mol. The van der Waals surface area contributed by atoms with E-state index in [2.05, 4.69) is 0 Å². The second-order valence-electron chi connectivity index (χ2n) is 8.16. The Morgan fingerprint density at radius 1 is 1.04 bits per heavy atom. The number of anilines is 2. The molecule has 0 radical (unpaired) electrons. The molecule has 2 bridgehead atoms. The fraction of sp³-hybridized carbons (Fsp3) is 0.500. The molecule has 4 aliphatic rings. The number of fused-ring (bicyclic) bond motifs is 5. The van der Waals surface area contributed by atoms with Gasteiger partial charge in [0, 0.05) is 19.2 Å². The molecule has 2 saturated heterocycles. The number of hydrogen-bond acceptors (Lipinski definition) is 6. The number of nitro benzene ring substituents is 1. The van der Waals surface area contributed by atoms with Gasteiger partial charge in [-0.15, -0.1) is 0 Å². The van der Waals surface area contributed by atoms with Gasteiger partial charge < -0.3 is 10.0 Å². The normalized spacial score (nSPS) is 31.8. The average Bonchev–Trinajstić information content (AvgIpc) is 3.36.